The molecule has 0 saturated carbocycles. The van der Waals surface area contributed by atoms with Gasteiger partial charge in [-0.15, -0.1) is 0 Å². The Morgan fingerprint density at radius 3 is 2.82 bits per heavy atom. The lowest BCUT2D eigenvalue weighted by Crippen LogP contribution is -2.49. The van der Waals surface area contributed by atoms with Crippen LogP contribution in [0.2, 0.25) is 0 Å². The van der Waals surface area contributed by atoms with Gasteiger partial charge in [0.15, 0.2) is 0 Å². The molecular weight excluding hydrogens is 212 g/mol. The maximum atomic E-state index is 5.75. The summed E-state index contributed by atoms with van der Waals surface area (Å²) in [5, 5.41) is 3.74. The second-order valence-corrected chi connectivity index (χ2v) is 6.07. The molecule has 0 radical (unpaired) electrons. The maximum absolute atomic E-state index is 5.75. The number of ether oxygens (including phenoxy) is 1. The minimum absolute atomic E-state index is 0.0309. The number of nitrogens with one attached hydrogen (secondary N) is 1. The molecule has 2 heterocycles. The van der Waals surface area contributed by atoms with Crippen LogP contribution >= 0.6 is 0 Å². The normalized spacial score (nSPS) is 30.5. The fourth-order valence-corrected chi connectivity index (χ4v) is 3.30. The van der Waals surface area contributed by atoms with Gasteiger partial charge in [0.2, 0.25) is 0 Å². The zero-order valence-corrected chi connectivity index (χ0v) is 11.7. The summed E-state index contributed by atoms with van der Waals surface area (Å²) in [5.74, 6) is 0. The molecule has 3 heteroatoms. The molecule has 2 rings (SSSR count). The van der Waals surface area contributed by atoms with E-state index in [0.717, 1.165) is 19.2 Å². The summed E-state index contributed by atoms with van der Waals surface area (Å²) < 4.78 is 5.75. The summed E-state index contributed by atoms with van der Waals surface area (Å²) in [6.07, 6.45) is 5.50. The van der Waals surface area contributed by atoms with Crippen molar-refractivity contribution in [1.82, 2.24) is 10.2 Å². The highest BCUT2D eigenvalue weighted by atomic mass is 16.5. The third-order valence-corrected chi connectivity index (χ3v) is 4.18. The Bertz CT molecular complexity index is 242. The van der Waals surface area contributed by atoms with Gasteiger partial charge in [0.05, 0.1) is 5.60 Å². The number of hydrogen-bond acceptors (Lipinski definition) is 3. The minimum atomic E-state index is -0.0309. The molecule has 0 aromatic rings. The van der Waals surface area contributed by atoms with E-state index in [1.165, 1.54) is 38.8 Å². The Morgan fingerprint density at radius 2 is 2.06 bits per heavy atom. The summed E-state index contributed by atoms with van der Waals surface area (Å²) in [7, 11) is 0. The number of fused-ring (bicyclic) bond motifs is 1. The van der Waals surface area contributed by atoms with Gasteiger partial charge in [0.1, 0.15) is 0 Å². The van der Waals surface area contributed by atoms with Crippen molar-refractivity contribution in [1.29, 1.82) is 0 Å². The van der Waals surface area contributed by atoms with Gasteiger partial charge in [-0.25, -0.2) is 0 Å². The SMILES string of the molecule is CCOC(C)(C)CNC1CCN2CCCCC12. The van der Waals surface area contributed by atoms with Crippen molar-refractivity contribution < 1.29 is 4.74 Å². The maximum Gasteiger partial charge on any atom is 0.0750 e. The summed E-state index contributed by atoms with van der Waals surface area (Å²) in [6, 6.07) is 1.48. The molecule has 0 bridgehead atoms. The van der Waals surface area contributed by atoms with Gasteiger partial charge in [0.25, 0.3) is 0 Å². The third-order valence-electron chi connectivity index (χ3n) is 4.18. The monoisotopic (exact) mass is 240 g/mol. The van der Waals surface area contributed by atoms with Crippen molar-refractivity contribution in [2.75, 3.05) is 26.2 Å². The van der Waals surface area contributed by atoms with Crippen molar-refractivity contribution in [3.63, 3.8) is 0 Å². The van der Waals surface area contributed by atoms with Crippen LogP contribution in [0, 0.1) is 0 Å². The number of nitrogens with zero attached hydrogens (tertiary/aromatic N) is 1. The first kappa shape index (κ1) is 13.3. The molecule has 0 amide bonds. The van der Waals surface area contributed by atoms with Crippen molar-refractivity contribution in [2.45, 2.75) is 64.1 Å². The van der Waals surface area contributed by atoms with Crippen LogP contribution in [0.5, 0.6) is 0 Å². The predicted molar refractivity (Wildman–Crippen MR) is 71.3 cm³/mol. The lowest BCUT2D eigenvalue weighted by molar-refractivity contribution is -0.0116. The molecule has 2 atom stereocenters. The van der Waals surface area contributed by atoms with Crippen molar-refractivity contribution in [3.8, 4) is 0 Å². The van der Waals surface area contributed by atoms with Gasteiger partial charge < -0.3 is 10.1 Å². The first-order valence-corrected chi connectivity index (χ1v) is 7.24. The van der Waals surface area contributed by atoms with Gasteiger partial charge in [-0.3, -0.25) is 4.90 Å². The highest BCUT2D eigenvalue weighted by Gasteiger charge is 2.35. The molecule has 2 saturated heterocycles. The van der Waals surface area contributed by atoms with Crippen molar-refractivity contribution >= 4 is 0 Å². The van der Waals surface area contributed by atoms with Crippen LogP contribution in [-0.4, -0.2) is 48.8 Å². The van der Waals surface area contributed by atoms with E-state index < -0.39 is 0 Å². The highest BCUT2D eigenvalue weighted by molar-refractivity contribution is 4.94. The second kappa shape index (κ2) is 5.68. The number of hydrogen-bond donors (Lipinski definition) is 1. The predicted octanol–water partition coefficient (Wildman–Crippen LogP) is 2.02. The topological polar surface area (TPSA) is 24.5 Å². The van der Waals surface area contributed by atoms with Gasteiger partial charge in [-0.1, -0.05) is 6.42 Å². The second-order valence-electron chi connectivity index (χ2n) is 6.07. The molecule has 100 valence electrons. The average Bonchev–Trinajstić information content (AvgIpc) is 2.70. The molecule has 2 fully saturated rings. The van der Waals surface area contributed by atoms with E-state index in [-0.39, 0.29) is 5.60 Å². The zero-order valence-electron chi connectivity index (χ0n) is 11.7. The summed E-state index contributed by atoms with van der Waals surface area (Å²) in [4.78, 5) is 2.68. The van der Waals surface area contributed by atoms with E-state index in [1.54, 1.807) is 0 Å². The molecule has 3 nitrogen and oxygen atoms in total. The molecular formula is C14H28N2O. The molecule has 17 heavy (non-hydrogen) atoms. The van der Waals surface area contributed by atoms with Crippen LogP contribution < -0.4 is 5.32 Å². The molecule has 2 aliphatic heterocycles. The van der Waals surface area contributed by atoms with Gasteiger partial charge in [-0.2, -0.15) is 0 Å². The Hall–Kier alpha value is -0.120. The van der Waals surface area contributed by atoms with Crippen molar-refractivity contribution in [2.24, 2.45) is 0 Å². The van der Waals surface area contributed by atoms with Crippen LogP contribution in [-0.2, 0) is 4.74 Å². The van der Waals surface area contributed by atoms with E-state index in [9.17, 15) is 0 Å². The van der Waals surface area contributed by atoms with E-state index >= 15 is 0 Å². The van der Waals surface area contributed by atoms with Crippen molar-refractivity contribution in [3.05, 3.63) is 0 Å². The standard InChI is InChI=1S/C14H28N2O/c1-4-17-14(2,3)11-15-12-8-10-16-9-6-5-7-13(12)16/h12-13,15H,4-11H2,1-3H3. The fraction of sp³-hybridized carbons (Fsp3) is 1.00. The van der Waals surface area contributed by atoms with Gasteiger partial charge >= 0.3 is 0 Å². The fourth-order valence-electron chi connectivity index (χ4n) is 3.30. The quantitative estimate of drug-likeness (QED) is 0.795. The molecule has 0 aromatic carbocycles. The zero-order chi connectivity index (χ0) is 12.3. The largest absolute Gasteiger partial charge is 0.375 e. The van der Waals surface area contributed by atoms with Gasteiger partial charge in [0, 0.05) is 31.8 Å². The summed E-state index contributed by atoms with van der Waals surface area (Å²) in [6.45, 7) is 10.8. The Balaban J connectivity index is 1.79. The average molecular weight is 240 g/mol. The molecule has 0 aliphatic carbocycles. The summed E-state index contributed by atoms with van der Waals surface area (Å²) in [5.41, 5.74) is -0.0309. The van der Waals surface area contributed by atoms with Crippen LogP contribution in [0.4, 0.5) is 0 Å². The van der Waals surface area contributed by atoms with Crippen LogP contribution in [0.1, 0.15) is 46.5 Å². The van der Waals surface area contributed by atoms with Crippen LogP contribution in [0.15, 0.2) is 0 Å². The first-order chi connectivity index (χ1) is 8.12. The Morgan fingerprint density at radius 1 is 1.24 bits per heavy atom. The van der Waals surface area contributed by atoms with Crippen LogP contribution in [0.25, 0.3) is 0 Å². The van der Waals surface area contributed by atoms with E-state index in [2.05, 4.69) is 31.0 Å². The van der Waals surface area contributed by atoms with E-state index in [4.69, 9.17) is 4.74 Å². The lowest BCUT2D eigenvalue weighted by Gasteiger charge is -2.34. The smallest absolute Gasteiger partial charge is 0.0750 e. The van der Waals surface area contributed by atoms with E-state index in [1.807, 2.05) is 0 Å². The number of piperidine rings is 1. The minimum Gasteiger partial charge on any atom is -0.375 e. The highest BCUT2D eigenvalue weighted by Crippen LogP contribution is 2.27. The molecule has 2 aliphatic rings. The molecule has 0 aromatic heterocycles. The third kappa shape index (κ3) is 3.43. The van der Waals surface area contributed by atoms with Gasteiger partial charge in [-0.05, 0) is 46.6 Å². The Kier molecular flexibility index (Phi) is 4.45. The summed E-state index contributed by atoms with van der Waals surface area (Å²) >= 11 is 0. The molecule has 0 spiro atoms. The number of rotatable bonds is 5. The van der Waals surface area contributed by atoms with E-state index in [0.29, 0.717) is 6.04 Å². The molecule has 1 N–H and O–H groups in total. The first-order valence-electron chi connectivity index (χ1n) is 7.24. The molecule has 2 unspecified atom stereocenters. The lowest BCUT2D eigenvalue weighted by atomic mass is 9.98. The Labute approximate surface area is 106 Å². The van der Waals surface area contributed by atoms with Crippen LogP contribution in [0.3, 0.4) is 0 Å².